The van der Waals surface area contributed by atoms with Crippen LogP contribution in [0.15, 0.2) is 47.8 Å². The Morgan fingerprint density at radius 1 is 1.11 bits per heavy atom. The Bertz CT molecular complexity index is 738. The van der Waals surface area contributed by atoms with Crippen molar-refractivity contribution in [3.8, 4) is 0 Å². The number of rotatable bonds is 6. The van der Waals surface area contributed by atoms with Gasteiger partial charge in [0.1, 0.15) is 12.6 Å². The van der Waals surface area contributed by atoms with Crippen LogP contribution < -0.4 is 10.2 Å². The molecule has 1 saturated heterocycles. The summed E-state index contributed by atoms with van der Waals surface area (Å²) in [5.74, 6) is -0.0739. The van der Waals surface area contributed by atoms with Gasteiger partial charge in [0.05, 0.1) is 31.1 Å². The van der Waals surface area contributed by atoms with Gasteiger partial charge in [0.25, 0.3) is 5.91 Å². The molecule has 6 heteroatoms. The lowest BCUT2D eigenvalue weighted by Gasteiger charge is -2.35. The fourth-order valence-corrected chi connectivity index (χ4v) is 4.06. The molecule has 2 aromatic rings. The van der Waals surface area contributed by atoms with Gasteiger partial charge in [-0.25, -0.2) is 0 Å². The number of nitrogens with one attached hydrogen (secondary N) is 2. The van der Waals surface area contributed by atoms with E-state index in [9.17, 15) is 9.59 Å². The number of hydrogen-bond acceptors (Lipinski definition) is 3. The van der Waals surface area contributed by atoms with Crippen molar-refractivity contribution >= 4 is 23.2 Å². The summed E-state index contributed by atoms with van der Waals surface area (Å²) < 4.78 is 0. The molecule has 1 fully saturated rings. The predicted molar refractivity (Wildman–Crippen MR) is 108 cm³/mol. The van der Waals surface area contributed by atoms with Crippen molar-refractivity contribution in [3.63, 3.8) is 0 Å². The highest BCUT2D eigenvalue weighted by molar-refractivity contribution is 7.12. The summed E-state index contributed by atoms with van der Waals surface area (Å²) in [5, 5.41) is 4.81. The monoisotopic (exact) mass is 386 g/mol. The average Bonchev–Trinajstić information content (AvgIpc) is 3.21. The van der Waals surface area contributed by atoms with E-state index in [0.717, 1.165) is 32.7 Å². The molecule has 0 radical (unpaired) electrons. The maximum atomic E-state index is 13.0. The maximum Gasteiger partial charge on any atom is 0.262 e. The first kappa shape index (κ1) is 19.6. The maximum absolute atomic E-state index is 13.0. The number of hydrogen-bond donors (Lipinski definition) is 2. The highest BCUT2D eigenvalue weighted by atomic mass is 32.1. The zero-order valence-electron chi connectivity index (χ0n) is 16.0. The predicted octanol–water partition coefficient (Wildman–Crippen LogP) is 1.43. The van der Waals surface area contributed by atoms with E-state index < -0.39 is 6.04 Å². The largest absolute Gasteiger partial charge is 0.339 e. The molecule has 1 aromatic carbocycles. The molecule has 144 valence electrons. The van der Waals surface area contributed by atoms with E-state index >= 15 is 0 Å². The van der Waals surface area contributed by atoms with Crippen molar-refractivity contribution in [2.45, 2.75) is 26.4 Å². The SMILES string of the molecule is CC(C)[C@@H](NC(=O)c1cccs1)C(=O)N1CC[NH+](Cc2ccccc2)CC1. The minimum absolute atomic E-state index is 0.0358. The van der Waals surface area contributed by atoms with Crippen LogP contribution in [0.1, 0.15) is 29.1 Å². The molecule has 0 unspecified atom stereocenters. The van der Waals surface area contributed by atoms with E-state index in [2.05, 4.69) is 29.6 Å². The second kappa shape index (κ2) is 9.15. The molecular weight excluding hydrogens is 358 g/mol. The van der Waals surface area contributed by atoms with Gasteiger partial charge in [0, 0.05) is 5.56 Å². The molecule has 0 aliphatic carbocycles. The van der Waals surface area contributed by atoms with E-state index in [0.29, 0.717) is 4.88 Å². The van der Waals surface area contributed by atoms with Crippen LogP contribution in [-0.4, -0.2) is 48.9 Å². The van der Waals surface area contributed by atoms with Crippen molar-refractivity contribution in [2.24, 2.45) is 5.92 Å². The van der Waals surface area contributed by atoms with E-state index in [4.69, 9.17) is 0 Å². The lowest BCUT2D eigenvalue weighted by molar-refractivity contribution is -0.917. The Morgan fingerprint density at radius 2 is 1.81 bits per heavy atom. The fraction of sp³-hybridized carbons (Fsp3) is 0.429. The quantitative estimate of drug-likeness (QED) is 0.789. The summed E-state index contributed by atoms with van der Waals surface area (Å²) in [6.45, 7) is 8.29. The summed E-state index contributed by atoms with van der Waals surface area (Å²) in [7, 11) is 0. The van der Waals surface area contributed by atoms with Gasteiger partial charge in [-0.15, -0.1) is 11.3 Å². The molecule has 27 heavy (non-hydrogen) atoms. The second-order valence-corrected chi connectivity index (χ2v) is 8.36. The molecule has 2 heterocycles. The van der Waals surface area contributed by atoms with E-state index in [1.54, 1.807) is 6.07 Å². The first-order valence-electron chi connectivity index (χ1n) is 9.55. The molecule has 2 amide bonds. The van der Waals surface area contributed by atoms with Gasteiger partial charge >= 0.3 is 0 Å². The highest BCUT2D eigenvalue weighted by Gasteiger charge is 2.32. The van der Waals surface area contributed by atoms with Gasteiger partial charge in [-0.1, -0.05) is 50.2 Å². The lowest BCUT2D eigenvalue weighted by Crippen LogP contribution is -3.13. The second-order valence-electron chi connectivity index (χ2n) is 7.41. The van der Waals surface area contributed by atoms with E-state index in [-0.39, 0.29) is 17.7 Å². The molecule has 3 rings (SSSR count). The van der Waals surface area contributed by atoms with E-state index in [1.807, 2.05) is 36.3 Å². The normalized spacial score (nSPS) is 16.3. The summed E-state index contributed by atoms with van der Waals surface area (Å²) in [6.07, 6.45) is 0. The molecule has 2 N–H and O–H groups in total. The third-order valence-corrected chi connectivity index (χ3v) is 5.91. The van der Waals surface area contributed by atoms with Crippen LogP contribution in [0.5, 0.6) is 0 Å². The first-order valence-corrected chi connectivity index (χ1v) is 10.4. The van der Waals surface area contributed by atoms with Crippen LogP contribution in [-0.2, 0) is 11.3 Å². The lowest BCUT2D eigenvalue weighted by atomic mass is 10.0. The average molecular weight is 387 g/mol. The Hall–Kier alpha value is -2.18. The first-order chi connectivity index (χ1) is 13.0. The Kier molecular flexibility index (Phi) is 6.63. The number of amides is 2. The Labute approximate surface area is 165 Å². The molecule has 0 spiro atoms. The van der Waals surface area contributed by atoms with E-state index in [1.165, 1.54) is 21.8 Å². The van der Waals surface area contributed by atoms with Gasteiger partial charge in [0.2, 0.25) is 5.91 Å². The van der Waals surface area contributed by atoms with Crippen LogP contribution in [0, 0.1) is 5.92 Å². The zero-order chi connectivity index (χ0) is 19.2. The summed E-state index contributed by atoms with van der Waals surface area (Å²) in [4.78, 5) is 29.5. The van der Waals surface area contributed by atoms with Crippen molar-refractivity contribution in [3.05, 3.63) is 58.3 Å². The van der Waals surface area contributed by atoms with Crippen LogP contribution >= 0.6 is 11.3 Å². The molecule has 1 aliphatic heterocycles. The van der Waals surface area contributed by atoms with Gasteiger partial charge in [0.15, 0.2) is 0 Å². The standard InChI is InChI=1S/C21H27N3O2S/c1-16(2)19(22-20(25)18-9-6-14-27-18)21(26)24-12-10-23(11-13-24)15-17-7-4-3-5-8-17/h3-9,14,16,19H,10-13,15H2,1-2H3,(H,22,25)/p+1/t19-/m1/s1. The van der Waals surface area contributed by atoms with Crippen LogP contribution in [0.3, 0.4) is 0 Å². The minimum atomic E-state index is -0.477. The van der Waals surface area contributed by atoms with Crippen molar-refractivity contribution in [1.82, 2.24) is 10.2 Å². The molecule has 0 bridgehead atoms. The summed E-state index contributed by atoms with van der Waals surface area (Å²) in [5.41, 5.74) is 1.33. The smallest absolute Gasteiger partial charge is 0.262 e. The Morgan fingerprint density at radius 3 is 2.41 bits per heavy atom. The number of carbonyl (C=O) groups is 2. The van der Waals surface area contributed by atoms with Crippen LogP contribution in [0.25, 0.3) is 0 Å². The summed E-state index contributed by atoms with van der Waals surface area (Å²) in [6, 6.07) is 13.6. The molecule has 0 saturated carbocycles. The molecule has 1 aromatic heterocycles. The van der Waals surface area contributed by atoms with Gasteiger partial charge in [-0.05, 0) is 17.4 Å². The highest BCUT2D eigenvalue weighted by Crippen LogP contribution is 2.12. The number of quaternary nitrogens is 1. The molecule has 5 nitrogen and oxygen atoms in total. The number of benzene rings is 1. The van der Waals surface area contributed by atoms with Crippen LogP contribution in [0.4, 0.5) is 0 Å². The third-order valence-electron chi connectivity index (χ3n) is 5.04. The zero-order valence-corrected chi connectivity index (χ0v) is 16.8. The minimum Gasteiger partial charge on any atom is -0.339 e. The van der Waals surface area contributed by atoms with Crippen molar-refractivity contribution < 1.29 is 14.5 Å². The molecular formula is C21H28N3O2S+. The number of nitrogens with zero attached hydrogens (tertiary/aromatic N) is 1. The number of piperazine rings is 1. The van der Waals surface area contributed by atoms with Crippen molar-refractivity contribution in [1.29, 1.82) is 0 Å². The summed E-state index contributed by atoms with van der Waals surface area (Å²) >= 11 is 1.39. The van der Waals surface area contributed by atoms with Gasteiger partial charge in [-0.2, -0.15) is 0 Å². The number of thiophene rings is 1. The van der Waals surface area contributed by atoms with Crippen molar-refractivity contribution in [2.75, 3.05) is 26.2 Å². The van der Waals surface area contributed by atoms with Gasteiger partial charge < -0.3 is 15.1 Å². The Balaban J connectivity index is 1.55. The number of carbonyl (C=O) groups excluding carboxylic acids is 2. The molecule has 1 aliphatic rings. The van der Waals surface area contributed by atoms with Gasteiger partial charge in [-0.3, -0.25) is 9.59 Å². The van der Waals surface area contributed by atoms with Crippen LogP contribution in [0.2, 0.25) is 0 Å². The molecule has 1 atom stereocenters. The fourth-order valence-electron chi connectivity index (χ4n) is 3.44. The third kappa shape index (κ3) is 5.17. The topological polar surface area (TPSA) is 53.9 Å².